The number of esters is 1. The number of nitrogens with one attached hydrogen (secondary N) is 1. The molecule has 2 aromatic rings. The highest BCUT2D eigenvalue weighted by molar-refractivity contribution is 6.13. The van der Waals surface area contributed by atoms with E-state index in [1.165, 1.54) is 5.56 Å². The Hall–Kier alpha value is -2.62. The van der Waals surface area contributed by atoms with Crippen molar-refractivity contribution in [3.8, 4) is 0 Å². The number of anilines is 1. The summed E-state index contributed by atoms with van der Waals surface area (Å²) in [7, 11) is 0. The summed E-state index contributed by atoms with van der Waals surface area (Å²) in [5, 5.41) is 3.04. The lowest BCUT2D eigenvalue weighted by molar-refractivity contribution is -0.164. The standard InChI is InChI=1S/C24H25NO3/c1-2-28-22(27)24-15-16-9-3-5-11-18(16)23(13-7-8-14-23)20(24)17-10-4-6-12-19(17)25-21(24)26/h3-6,9-12,20H,2,7-8,13-15H2,1H3,(H,25,26)/t20-,24-/m0/s1. The first kappa shape index (κ1) is 17.5. The van der Waals surface area contributed by atoms with Crippen LogP contribution < -0.4 is 5.32 Å². The molecule has 0 radical (unpaired) electrons. The zero-order valence-electron chi connectivity index (χ0n) is 16.2. The van der Waals surface area contributed by atoms with E-state index in [-0.39, 0.29) is 29.8 Å². The summed E-state index contributed by atoms with van der Waals surface area (Å²) in [6.45, 7) is 2.08. The lowest BCUT2D eigenvalue weighted by atomic mass is 9.48. The van der Waals surface area contributed by atoms with Crippen LogP contribution in [0.2, 0.25) is 0 Å². The van der Waals surface area contributed by atoms with Gasteiger partial charge in [0.05, 0.1) is 6.61 Å². The molecular formula is C24H25NO3. The Morgan fingerprint density at radius 2 is 1.82 bits per heavy atom. The number of hydrogen-bond acceptors (Lipinski definition) is 3. The van der Waals surface area contributed by atoms with Crippen molar-refractivity contribution in [2.75, 3.05) is 11.9 Å². The Kier molecular flexibility index (Phi) is 3.87. The molecule has 1 spiro atoms. The minimum absolute atomic E-state index is 0.193. The monoisotopic (exact) mass is 375 g/mol. The molecule has 1 N–H and O–H groups in total. The van der Waals surface area contributed by atoms with Gasteiger partial charge in [-0.25, -0.2) is 0 Å². The van der Waals surface area contributed by atoms with Gasteiger partial charge in [-0.3, -0.25) is 9.59 Å². The number of hydrogen-bond donors (Lipinski definition) is 1. The minimum Gasteiger partial charge on any atom is -0.465 e. The molecule has 2 aliphatic carbocycles. The summed E-state index contributed by atoms with van der Waals surface area (Å²) < 4.78 is 5.55. The Bertz CT molecular complexity index is 960. The van der Waals surface area contributed by atoms with Gasteiger partial charge < -0.3 is 10.1 Å². The quantitative estimate of drug-likeness (QED) is 0.627. The molecule has 0 aromatic heterocycles. The summed E-state index contributed by atoms with van der Waals surface area (Å²) >= 11 is 0. The number of amides is 1. The molecule has 1 amide bonds. The van der Waals surface area contributed by atoms with E-state index in [4.69, 9.17) is 4.74 Å². The van der Waals surface area contributed by atoms with Gasteiger partial charge in [0.25, 0.3) is 0 Å². The lowest BCUT2D eigenvalue weighted by Gasteiger charge is -2.54. The largest absolute Gasteiger partial charge is 0.465 e. The van der Waals surface area contributed by atoms with Gasteiger partial charge in [0, 0.05) is 17.0 Å². The molecule has 0 saturated heterocycles. The highest BCUT2D eigenvalue weighted by Gasteiger charge is 2.66. The van der Waals surface area contributed by atoms with Crippen molar-refractivity contribution in [3.63, 3.8) is 0 Å². The third-order valence-corrected chi connectivity index (χ3v) is 7.13. The van der Waals surface area contributed by atoms with Crippen LogP contribution in [0, 0.1) is 5.41 Å². The number of benzene rings is 2. The molecule has 4 heteroatoms. The number of fused-ring (bicyclic) bond motifs is 6. The van der Waals surface area contributed by atoms with Crippen molar-refractivity contribution in [3.05, 3.63) is 65.2 Å². The van der Waals surface area contributed by atoms with Crippen molar-refractivity contribution in [1.82, 2.24) is 0 Å². The molecule has 28 heavy (non-hydrogen) atoms. The van der Waals surface area contributed by atoms with E-state index in [0.29, 0.717) is 6.42 Å². The molecule has 3 aliphatic rings. The van der Waals surface area contributed by atoms with Crippen molar-refractivity contribution in [2.24, 2.45) is 5.41 Å². The molecule has 5 rings (SSSR count). The van der Waals surface area contributed by atoms with Crippen LogP contribution in [0.3, 0.4) is 0 Å². The van der Waals surface area contributed by atoms with Crippen LogP contribution in [0.25, 0.3) is 0 Å². The van der Waals surface area contributed by atoms with Crippen LogP contribution >= 0.6 is 0 Å². The van der Waals surface area contributed by atoms with Crippen molar-refractivity contribution in [1.29, 1.82) is 0 Å². The molecular weight excluding hydrogens is 350 g/mol. The molecule has 144 valence electrons. The van der Waals surface area contributed by atoms with E-state index < -0.39 is 5.41 Å². The highest BCUT2D eigenvalue weighted by Crippen LogP contribution is 2.64. The van der Waals surface area contributed by atoms with E-state index in [9.17, 15) is 9.59 Å². The van der Waals surface area contributed by atoms with Crippen LogP contribution in [-0.4, -0.2) is 18.5 Å². The van der Waals surface area contributed by atoms with Crippen LogP contribution in [-0.2, 0) is 26.2 Å². The van der Waals surface area contributed by atoms with E-state index in [0.717, 1.165) is 42.5 Å². The molecule has 1 heterocycles. The summed E-state index contributed by atoms with van der Waals surface area (Å²) in [6.07, 6.45) is 4.63. The van der Waals surface area contributed by atoms with Crippen molar-refractivity contribution >= 4 is 17.6 Å². The predicted molar refractivity (Wildman–Crippen MR) is 107 cm³/mol. The molecule has 1 saturated carbocycles. The van der Waals surface area contributed by atoms with Gasteiger partial charge in [-0.05, 0) is 48.9 Å². The second kappa shape index (κ2) is 6.20. The molecule has 2 atom stereocenters. The number of carbonyl (C=O) groups excluding carboxylic acids is 2. The normalized spacial score (nSPS) is 26.8. The van der Waals surface area contributed by atoms with Gasteiger partial charge >= 0.3 is 5.97 Å². The number of rotatable bonds is 2. The first-order chi connectivity index (χ1) is 13.6. The number of carbonyl (C=O) groups is 2. The van der Waals surface area contributed by atoms with Gasteiger partial charge in [0.15, 0.2) is 5.41 Å². The topological polar surface area (TPSA) is 55.4 Å². The first-order valence-electron chi connectivity index (χ1n) is 10.3. The van der Waals surface area contributed by atoms with Gasteiger partial charge in [0.1, 0.15) is 0 Å². The Morgan fingerprint density at radius 1 is 1.11 bits per heavy atom. The van der Waals surface area contributed by atoms with Crippen LogP contribution in [0.15, 0.2) is 48.5 Å². The number of para-hydroxylation sites is 1. The van der Waals surface area contributed by atoms with Gasteiger partial charge in [-0.2, -0.15) is 0 Å². The summed E-state index contributed by atoms with van der Waals surface area (Å²) in [5.74, 6) is -0.787. The average Bonchev–Trinajstić information content (AvgIpc) is 3.18. The molecule has 0 bridgehead atoms. The van der Waals surface area contributed by atoms with Gasteiger partial charge in [-0.15, -0.1) is 0 Å². The second-order valence-corrected chi connectivity index (χ2v) is 8.36. The molecule has 1 fully saturated rings. The fraction of sp³-hybridized carbons (Fsp3) is 0.417. The Labute approximate surface area is 165 Å². The summed E-state index contributed by atoms with van der Waals surface area (Å²) in [4.78, 5) is 27.0. The average molecular weight is 375 g/mol. The second-order valence-electron chi connectivity index (χ2n) is 8.36. The Balaban J connectivity index is 1.84. The van der Waals surface area contributed by atoms with Gasteiger partial charge in [-0.1, -0.05) is 55.3 Å². The lowest BCUT2D eigenvalue weighted by Crippen LogP contribution is -2.60. The third-order valence-electron chi connectivity index (χ3n) is 7.13. The fourth-order valence-electron chi connectivity index (χ4n) is 6.17. The maximum atomic E-state index is 13.6. The van der Waals surface area contributed by atoms with E-state index >= 15 is 0 Å². The zero-order chi connectivity index (χ0) is 19.4. The highest BCUT2D eigenvalue weighted by atomic mass is 16.5. The van der Waals surface area contributed by atoms with Crippen molar-refractivity contribution in [2.45, 2.75) is 50.4 Å². The van der Waals surface area contributed by atoms with Crippen LogP contribution in [0.1, 0.15) is 55.2 Å². The first-order valence-corrected chi connectivity index (χ1v) is 10.3. The maximum absolute atomic E-state index is 13.6. The van der Waals surface area contributed by atoms with Gasteiger partial charge in [0.2, 0.25) is 5.91 Å². The van der Waals surface area contributed by atoms with E-state index in [2.05, 4.69) is 29.6 Å². The summed E-state index contributed by atoms with van der Waals surface area (Å²) in [6, 6.07) is 16.4. The van der Waals surface area contributed by atoms with E-state index in [1.54, 1.807) is 6.92 Å². The number of ether oxygens (including phenoxy) is 1. The van der Waals surface area contributed by atoms with Crippen LogP contribution in [0.4, 0.5) is 5.69 Å². The molecule has 1 aliphatic heterocycles. The minimum atomic E-state index is -1.21. The third kappa shape index (κ3) is 2.12. The molecule has 2 aromatic carbocycles. The fourth-order valence-corrected chi connectivity index (χ4v) is 6.17. The smallest absolute Gasteiger partial charge is 0.322 e. The maximum Gasteiger partial charge on any atom is 0.322 e. The van der Waals surface area contributed by atoms with E-state index in [1.807, 2.05) is 24.3 Å². The predicted octanol–water partition coefficient (Wildman–Crippen LogP) is 4.34. The van der Waals surface area contributed by atoms with Crippen LogP contribution in [0.5, 0.6) is 0 Å². The Morgan fingerprint density at radius 3 is 2.61 bits per heavy atom. The van der Waals surface area contributed by atoms with Crippen molar-refractivity contribution < 1.29 is 14.3 Å². The zero-order valence-corrected chi connectivity index (χ0v) is 16.2. The SMILES string of the molecule is CCOC(=O)[C@@]12Cc3ccccc3C3(CCCC3)[C@@H]1c1ccccc1NC2=O. The molecule has 4 nitrogen and oxygen atoms in total. The summed E-state index contributed by atoms with van der Waals surface area (Å²) in [5.41, 5.74) is 2.94. The molecule has 0 unspecified atom stereocenters.